The summed E-state index contributed by atoms with van der Waals surface area (Å²) < 4.78 is 29.3. The summed E-state index contributed by atoms with van der Waals surface area (Å²) in [5, 5.41) is 15.0. The van der Waals surface area contributed by atoms with Crippen LogP contribution in [0.3, 0.4) is 0 Å². The van der Waals surface area contributed by atoms with Crippen molar-refractivity contribution in [1.29, 1.82) is 0 Å². The summed E-state index contributed by atoms with van der Waals surface area (Å²) >= 11 is 1.47. The molecular weight excluding hydrogens is 456 g/mol. The maximum Gasteiger partial charge on any atom is 0.243 e. The van der Waals surface area contributed by atoms with Crippen LogP contribution in [0.1, 0.15) is 32.3 Å². The van der Waals surface area contributed by atoms with Gasteiger partial charge in [-0.1, -0.05) is 55.5 Å². The topological polar surface area (TPSA) is 109 Å². The van der Waals surface area contributed by atoms with Crippen LogP contribution < -0.4 is 11.1 Å². The van der Waals surface area contributed by atoms with Crippen LogP contribution in [0.15, 0.2) is 53.4 Å². The van der Waals surface area contributed by atoms with E-state index in [1.54, 1.807) is 18.2 Å². The lowest BCUT2D eigenvalue weighted by Crippen LogP contribution is -2.47. The molecular formula is C24H32N4O3S2. The third kappa shape index (κ3) is 6.10. The van der Waals surface area contributed by atoms with E-state index in [2.05, 4.69) is 10.3 Å². The first-order valence-corrected chi connectivity index (χ1v) is 13.6. The van der Waals surface area contributed by atoms with Gasteiger partial charge in [-0.15, -0.1) is 0 Å². The number of nitrogens with zero attached hydrogens (tertiary/aromatic N) is 2. The summed E-state index contributed by atoms with van der Waals surface area (Å²) in [5.74, 6) is 0.0961. The van der Waals surface area contributed by atoms with Crippen LogP contribution in [-0.4, -0.2) is 54.1 Å². The number of nitrogens with two attached hydrogens (primary N) is 1. The average molecular weight is 489 g/mol. The summed E-state index contributed by atoms with van der Waals surface area (Å²) in [4.78, 5) is 4.77. The summed E-state index contributed by atoms with van der Waals surface area (Å²) in [6.07, 6.45) is 1.78. The molecule has 1 aliphatic carbocycles. The van der Waals surface area contributed by atoms with Crippen molar-refractivity contribution in [3.8, 4) is 0 Å². The quantitative estimate of drug-likeness (QED) is 0.382. The molecule has 7 nitrogen and oxygen atoms in total. The number of aromatic nitrogens is 1. The van der Waals surface area contributed by atoms with Crippen molar-refractivity contribution >= 4 is 36.7 Å². The van der Waals surface area contributed by atoms with E-state index in [4.69, 9.17) is 5.73 Å². The summed E-state index contributed by atoms with van der Waals surface area (Å²) in [6.45, 7) is 4.17. The highest BCUT2D eigenvalue weighted by atomic mass is 32.2. The largest absolute Gasteiger partial charge is 0.390 e. The molecule has 1 heterocycles. The smallest absolute Gasteiger partial charge is 0.243 e. The Hall–Kier alpha value is -2.04. The van der Waals surface area contributed by atoms with E-state index in [1.165, 1.54) is 15.6 Å². The minimum absolute atomic E-state index is 0.0519. The van der Waals surface area contributed by atoms with Gasteiger partial charge in [0.15, 0.2) is 5.13 Å². The van der Waals surface area contributed by atoms with Crippen molar-refractivity contribution in [3.05, 3.63) is 54.1 Å². The van der Waals surface area contributed by atoms with Crippen molar-refractivity contribution in [3.63, 3.8) is 0 Å². The molecule has 1 aliphatic rings. The molecule has 1 saturated carbocycles. The maximum atomic E-state index is 13.6. The first-order chi connectivity index (χ1) is 15.7. The zero-order chi connectivity index (χ0) is 23.6. The second-order valence-corrected chi connectivity index (χ2v) is 12.2. The number of hydrogen-bond donors (Lipinski definition) is 3. The Kier molecular flexibility index (Phi) is 7.35. The van der Waals surface area contributed by atoms with E-state index < -0.39 is 22.2 Å². The van der Waals surface area contributed by atoms with Gasteiger partial charge in [-0.05, 0) is 48.9 Å². The number of rotatable bonds is 11. The van der Waals surface area contributed by atoms with Crippen LogP contribution in [0.5, 0.6) is 0 Å². The van der Waals surface area contributed by atoms with Crippen LogP contribution in [0, 0.1) is 5.92 Å². The van der Waals surface area contributed by atoms with Gasteiger partial charge in [0.05, 0.1) is 21.2 Å². The fourth-order valence-corrected chi connectivity index (χ4v) is 6.43. The minimum atomic E-state index is -3.81. The molecule has 1 fully saturated rings. The predicted octanol–water partition coefficient (Wildman–Crippen LogP) is 3.45. The highest BCUT2D eigenvalue weighted by molar-refractivity contribution is 7.89. The molecule has 4 N–H and O–H groups in total. The van der Waals surface area contributed by atoms with E-state index >= 15 is 0 Å². The summed E-state index contributed by atoms with van der Waals surface area (Å²) in [6, 6.07) is 14.6. The lowest BCUT2D eigenvalue weighted by Gasteiger charge is -2.28. The van der Waals surface area contributed by atoms with Crippen molar-refractivity contribution in [2.24, 2.45) is 11.7 Å². The lowest BCUT2D eigenvalue weighted by atomic mass is 10.0. The second-order valence-electron chi connectivity index (χ2n) is 9.20. The molecule has 2 aromatic carbocycles. The Balaban J connectivity index is 1.53. The predicted molar refractivity (Wildman–Crippen MR) is 134 cm³/mol. The van der Waals surface area contributed by atoms with Gasteiger partial charge >= 0.3 is 0 Å². The molecule has 3 aromatic rings. The van der Waals surface area contributed by atoms with Crippen LogP contribution in [0.2, 0.25) is 0 Å². The molecule has 33 heavy (non-hydrogen) atoms. The van der Waals surface area contributed by atoms with Crippen molar-refractivity contribution in [2.45, 2.75) is 56.2 Å². The van der Waals surface area contributed by atoms with Gasteiger partial charge in [0.1, 0.15) is 0 Å². The Labute approximate surface area is 199 Å². The standard InChI is InChI=1S/C24H32N4O3S2/c1-16(2)14-28(15-22(29)20(25)12-17-6-4-3-5-7-17)33(30,31)19-10-11-21-23(13-19)32-24(27-21)26-18-8-9-18/h3-7,10-11,13,16,18,20,22,29H,8-9,12,14-15,25H2,1-2H3,(H,26,27)/t20-,22+/m0/s1. The zero-order valence-corrected chi connectivity index (χ0v) is 20.6. The number of benzene rings is 2. The van der Waals surface area contributed by atoms with E-state index in [-0.39, 0.29) is 17.4 Å². The molecule has 9 heteroatoms. The number of aliphatic hydroxyl groups is 1. The Morgan fingerprint density at radius 1 is 1.18 bits per heavy atom. The van der Waals surface area contributed by atoms with E-state index in [0.717, 1.165) is 33.8 Å². The van der Waals surface area contributed by atoms with Gasteiger partial charge in [0, 0.05) is 25.2 Å². The maximum absolute atomic E-state index is 13.6. The van der Waals surface area contributed by atoms with Crippen molar-refractivity contribution < 1.29 is 13.5 Å². The van der Waals surface area contributed by atoms with Gasteiger partial charge in [-0.3, -0.25) is 0 Å². The fourth-order valence-electron chi connectivity index (χ4n) is 3.72. The van der Waals surface area contributed by atoms with Crippen molar-refractivity contribution in [2.75, 3.05) is 18.4 Å². The summed E-state index contributed by atoms with van der Waals surface area (Å²) in [7, 11) is -3.81. The number of anilines is 1. The number of thiazole rings is 1. The van der Waals surface area contributed by atoms with E-state index in [9.17, 15) is 13.5 Å². The normalized spacial score (nSPS) is 16.4. The molecule has 0 unspecified atom stereocenters. The fraction of sp³-hybridized carbons (Fsp3) is 0.458. The van der Waals surface area contributed by atoms with Crippen LogP contribution in [-0.2, 0) is 16.4 Å². The van der Waals surface area contributed by atoms with Gasteiger partial charge in [0.2, 0.25) is 10.0 Å². The minimum Gasteiger partial charge on any atom is -0.390 e. The molecule has 0 bridgehead atoms. The third-order valence-corrected chi connectivity index (χ3v) is 8.45. The number of hydrogen-bond acceptors (Lipinski definition) is 7. The molecule has 0 radical (unpaired) electrons. The number of sulfonamides is 1. The molecule has 4 rings (SSSR count). The molecule has 0 amide bonds. The first kappa shape index (κ1) is 24.1. The second kappa shape index (κ2) is 10.1. The average Bonchev–Trinajstić information content (AvgIpc) is 3.49. The lowest BCUT2D eigenvalue weighted by molar-refractivity contribution is 0.116. The molecule has 0 aliphatic heterocycles. The molecule has 0 saturated heterocycles. The van der Waals surface area contributed by atoms with Crippen LogP contribution in [0.25, 0.3) is 10.2 Å². The van der Waals surface area contributed by atoms with Crippen molar-refractivity contribution in [1.82, 2.24) is 9.29 Å². The van der Waals surface area contributed by atoms with Crippen LogP contribution >= 0.6 is 11.3 Å². The molecule has 1 aromatic heterocycles. The monoisotopic (exact) mass is 488 g/mol. The third-order valence-electron chi connectivity index (χ3n) is 5.67. The zero-order valence-electron chi connectivity index (χ0n) is 19.0. The highest BCUT2D eigenvalue weighted by Crippen LogP contribution is 2.32. The van der Waals surface area contributed by atoms with Crippen LogP contribution in [0.4, 0.5) is 5.13 Å². The Morgan fingerprint density at radius 2 is 1.91 bits per heavy atom. The van der Waals surface area contributed by atoms with Gasteiger partial charge in [-0.25, -0.2) is 13.4 Å². The number of fused-ring (bicyclic) bond motifs is 1. The van der Waals surface area contributed by atoms with E-state index in [1.807, 2.05) is 44.2 Å². The Bertz CT molecular complexity index is 1180. The Morgan fingerprint density at radius 3 is 2.58 bits per heavy atom. The molecule has 2 atom stereocenters. The highest BCUT2D eigenvalue weighted by Gasteiger charge is 2.30. The SMILES string of the molecule is CC(C)CN(C[C@@H](O)[C@@H](N)Cc1ccccc1)S(=O)(=O)c1ccc2nc(NC3CC3)sc2c1. The summed E-state index contributed by atoms with van der Waals surface area (Å²) in [5.41, 5.74) is 8.04. The molecule has 0 spiro atoms. The van der Waals surface area contributed by atoms with E-state index in [0.29, 0.717) is 19.0 Å². The van der Waals surface area contributed by atoms with Gasteiger partial charge in [-0.2, -0.15) is 4.31 Å². The molecule has 178 valence electrons. The van der Waals surface area contributed by atoms with Gasteiger partial charge < -0.3 is 16.2 Å². The van der Waals surface area contributed by atoms with Gasteiger partial charge in [0.25, 0.3) is 0 Å². The first-order valence-electron chi connectivity index (χ1n) is 11.4. The number of nitrogens with one attached hydrogen (secondary N) is 1. The number of aliphatic hydroxyl groups excluding tert-OH is 1.